The molecule has 0 saturated heterocycles. The van der Waals surface area contributed by atoms with Gasteiger partial charge >= 0.3 is 0 Å². The number of benzene rings is 2. The first-order chi connectivity index (χ1) is 15.1. The predicted molar refractivity (Wildman–Crippen MR) is 114 cm³/mol. The monoisotopic (exact) mass is 419 g/mol. The molecule has 1 amide bonds. The molecule has 1 atom stereocenters. The van der Waals surface area contributed by atoms with E-state index in [-0.39, 0.29) is 18.8 Å². The summed E-state index contributed by atoms with van der Waals surface area (Å²) >= 11 is 0. The number of carbonyl (C=O) groups is 1. The minimum atomic E-state index is -0.186. The predicted octanol–water partition coefficient (Wildman–Crippen LogP) is 3.94. The Bertz CT molecular complexity index is 1100. The summed E-state index contributed by atoms with van der Waals surface area (Å²) in [6.45, 7) is 5.98. The molecule has 0 fully saturated rings. The molecule has 3 heterocycles. The van der Waals surface area contributed by atoms with Gasteiger partial charge in [0.1, 0.15) is 6.10 Å². The fraction of sp³-hybridized carbons (Fsp3) is 0.333. The van der Waals surface area contributed by atoms with Gasteiger partial charge in [-0.25, -0.2) is 0 Å². The van der Waals surface area contributed by atoms with Gasteiger partial charge in [-0.2, -0.15) is 5.10 Å². The zero-order valence-corrected chi connectivity index (χ0v) is 17.6. The molecule has 1 N–H and O–H groups in total. The van der Waals surface area contributed by atoms with E-state index in [4.69, 9.17) is 14.2 Å². The van der Waals surface area contributed by atoms with Crippen molar-refractivity contribution in [3.63, 3.8) is 0 Å². The Morgan fingerprint density at radius 3 is 2.74 bits per heavy atom. The molecule has 3 aromatic rings. The summed E-state index contributed by atoms with van der Waals surface area (Å²) in [4.78, 5) is 12.6. The van der Waals surface area contributed by atoms with E-state index in [1.54, 1.807) is 6.07 Å². The lowest BCUT2D eigenvalue weighted by atomic mass is 10.0. The van der Waals surface area contributed by atoms with Crippen molar-refractivity contribution in [2.75, 3.05) is 6.79 Å². The third-order valence-corrected chi connectivity index (χ3v) is 5.73. The van der Waals surface area contributed by atoms with E-state index in [9.17, 15) is 4.79 Å². The average molecular weight is 419 g/mol. The number of nitrogens with zero attached hydrogens (tertiary/aromatic N) is 2. The Morgan fingerprint density at radius 2 is 1.94 bits per heavy atom. The van der Waals surface area contributed by atoms with E-state index in [0.717, 1.165) is 28.3 Å². The smallest absolute Gasteiger partial charge is 0.272 e. The van der Waals surface area contributed by atoms with Gasteiger partial charge in [0.15, 0.2) is 17.2 Å². The lowest BCUT2D eigenvalue weighted by Crippen LogP contribution is -2.24. The van der Waals surface area contributed by atoms with Crippen LogP contribution in [0.25, 0.3) is 0 Å². The molecule has 31 heavy (non-hydrogen) atoms. The van der Waals surface area contributed by atoms with Crippen molar-refractivity contribution in [2.24, 2.45) is 0 Å². The maximum Gasteiger partial charge on any atom is 0.272 e. The second-order valence-corrected chi connectivity index (χ2v) is 8.19. The van der Waals surface area contributed by atoms with Crippen LogP contribution in [0.15, 0.2) is 48.5 Å². The number of hydrogen-bond acceptors (Lipinski definition) is 5. The largest absolute Gasteiger partial charge is 0.454 e. The first kappa shape index (κ1) is 19.6. The van der Waals surface area contributed by atoms with E-state index in [1.807, 2.05) is 22.9 Å². The summed E-state index contributed by atoms with van der Waals surface area (Å²) in [6.07, 6.45) is -0.155. The number of carbonyl (C=O) groups excluding carboxylic acids is 1. The van der Waals surface area contributed by atoms with Crippen molar-refractivity contribution < 1.29 is 19.0 Å². The minimum absolute atomic E-state index is 0.155. The van der Waals surface area contributed by atoms with Gasteiger partial charge in [-0.1, -0.05) is 44.2 Å². The molecule has 2 aromatic carbocycles. The number of rotatable bonds is 5. The van der Waals surface area contributed by atoms with Crippen molar-refractivity contribution in [1.82, 2.24) is 15.1 Å². The highest BCUT2D eigenvalue weighted by atomic mass is 16.7. The second kappa shape index (κ2) is 8.07. The highest BCUT2D eigenvalue weighted by molar-refractivity contribution is 5.92. The standard InChI is InChI=1S/C24H25N3O4/c1-15(2)17-5-3-16(4-6-17)11-25-24(28)20-10-19-13-29-23(12-27(19)26-20)18-7-8-21-22(9-18)31-14-30-21/h3-10,15,23H,11-14H2,1-2H3,(H,25,28)/t23-/m0/s1. The van der Waals surface area contributed by atoms with Crippen molar-refractivity contribution in [3.05, 3.63) is 76.6 Å². The third kappa shape index (κ3) is 4.01. The van der Waals surface area contributed by atoms with Crippen LogP contribution in [-0.4, -0.2) is 22.5 Å². The van der Waals surface area contributed by atoms with Crippen LogP contribution in [0, 0.1) is 0 Å². The number of ether oxygens (including phenoxy) is 3. The van der Waals surface area contributed by atoms with Gasteiger partial charge in [-0.15, -0.1) is 0 Å². The number of nitrogens with one attached hydrogen (secondary N) is 1. The molecule has 0 aliphatic carbocycles. The van der Waals surface area contributed by atoms with Gasteiger partial charge in [0, 0.05) is 6.54 Å². The third-order valence-electron chi connectivity index (χ3n) is 5.73. The zero-order chi connectivity index (χ0) is 21.4. The van der Waals surface area contributed by atoms with Crippen LogP contribution in [0.3, 0.4) is 0 Å². The fourth-order valence-electron chi connectivity index (χ4n) is 3.84. The summed E-state index contributed by atoms with van der Waals surface area (Å²) in [5.74, 6) is 1.78. The van der Waals surface area contributed by atoms with Crippen LogP contribution in [0.1, 0.15) is 58.7 Å². The Kier molecular flexibility index (Phi) is 5.11. The number of fused-ring (bicyclic) bond motifs is 2. The molecule has 0 unspecified atom stereocenters. The molecular weight excluding hydrogens is 394 g/mol. The molecule has 5 rings (SSSR count). The van der Waals surface area contributed by atoms with Crippen molar-refractivity contribution in [2.45, 2.75) is 45.6 Å². The number of hydrogen-bond donors (Lipinski definition) is 1. The number of aromatic nitrogens is 2. The summed E-state index contributed by atoms with van der Waals surface area (Å²) in [5, 5.41) is 7.48. The lowest BCUT2D eigenvalue weighted by molar-refractivity contribution is -0.00128. The van der Waals surface area contributed by atoms with Crippen LogP contribution in [0.4, 0.5) is 0 Å². The zero-order valence-electron chi connectivity index (χ0n) is 17.6. The molecule has 7 nitrogen and oxygen atoms in total. The van der Waals surface area contributed by atoms with Gasteiger partial charge in [0.05, 0.1) is 18.8 Å². The van der Waals surface area contributed by atoms with Gasteiger partial charge in [-0.05, 0) is 40.8 Å². The topological polar surface area (TPSA) is 74.6 Å². The Balaban J connectivity index is 1.23. The molecule has 0 bridgehead atoms. The van der Waals surface area contributed by atoms with E-state index in [1.165, 1.54) is 5.56 Å². The van der Waals surface area contributed by atoms with E-state index < -0.39 is 0 Å². The summed E-state index contributed by atoms with van der Waals surface area (Å²) < 4.78 is 18.7. The molecule has 2 aliphatic heterocycles. The molecule has 0 radical (unpaired) electrons. The molecule has 7 heteroatoms. The van der Waals surface area contributed by atoms with Gasteiger partial charge < -0.3 is 19.5 Å². The quantitative estimate of drug-likeness (QED) is 0.678. The summed E-state index contributed by atoms with van der Waals surface area (Å²) in [6, 6.07) is 15.9. The number of amides is 1. The van der Waals surface area contributed by atoms with Crippen LogP contribution in [0.5, 0.6) is 11.5 Å². The van der Waals surface area contributed by atoms with Crippen LogP contribution >= 0.6 is 0 Å². The summed E-state index contributed by atoms with van der Waals surface area (Å²) in [7, 11) is 0. The molecule has 0 spiro atoms. The lowest BCUT2D eigenvalue weighted by Gasteiger charge is -2.24. The van der Waals surface area contributed by atoms with Gasteiger partial charge in [-0.3, -0.25) is 9.48 Å². The van der Waals surface area contributed by atoms with Crippen LogP contribution < -0.4 is 14.8 Å². The second-order valence-electron chi connectivity index (χ2n) is 8.19. The summed E-state index contributed by atoms with van der Waals surface area (Å²) in [5.41, 5.74) is 4.65. The Labute approximate surface area is 180 Å². The fourth-order valence-corrected chi connectivity index (χ4v) is 3.84. The van der Waals surface area contributed by atoms with Crippen molar-refractivity contribution >= 4 is 5.91 Å². The van der Waals surface area contributed by atoms with E-state index in [2.05, 4.69) is 48.5 Å². The minimum Gasteiger partial charge on any atom is -0.454 e. The van der Waals surface area contributed by atoms with Crippen molar-refractivity contribution in [1.29, 1.82) is 0 Å². The van der Waals surface area contributed by atoms with Crippen LogP contribution in [-0.2, 0) is 24.4 Å². The molecule has 0 saturated carbocycles. The van der Waals surface area contributed by atoms with Crippen molar-refractivity contribution in [3.8, 4) is 11.5 Å². The molecule has 160 valence electrons. The Hall–Kier alpha value is -3.32. The highest BCUT2D eigenvalue weighted by Gasteiger charge is 2.25. The molecular formula is C24H25N3O4. The van der Waals surface area contributed by atoms with Crippen LogP contribution in [0.2, 0.25) is 0 Å². The Morgan fingerprint density at radius 1 is 1.13 bits per heavy atom. The SMILES string of the molecule is CC(C)c1ccc(CNC(=O)c2cc3n(n2)C[C@@H](c2ccc4c(c2)OCO4)OC3)cc1. The molecule has 2 aliphatic rings. The van der Waals surface area contributed by atoms with E-state index >= 15 is 0 Å². The highest BCUT2D eigenvalue weighted by Crippen LogP contribution is 2.36. The first-order valence-corrected chi connectivity index (χ1v) is 10.5. The average Bonchev–Trinajstić information content (AvgIpc) is 3.43. The maximum absolute atomic E-state index is 12.6. The normalized spacial score (nSPS) is 16.9. The first-order valence-electron chi connectivity index (χ1n) is 10.5. The van der Waals surface area contributed by atoms with E-state index in [0.29, 0.717) is 31.3 Å². The maximum atomic E-state index is 12.6. The van der Waals surface area contributed by atoms with Gasteiger partial charge in [0.2, 0.25) is 6.79 Å². The van der Waals surface area contributed by atoms with Gasteiger partial charge in [0.25, 0.3) is 5.91 Å². The molecule has 1 aromatic heterocycles.